The van der Waals surface area contributed by atoms with Crippen LogP contribution in [0.1, 0.15) is 5.56 Å². The van der Waals surface area contributed by atoms with Crippen molar-refractivity contribution in [1.29, 1.82) is 0 Å². The number of carbonyl (C=O) groups excluding carboxylic acids is 2. The number of rotatable bonds is 5. The number of hydrogen-bond acceptors (Lipinski definition) is 10. The Bertz CT molecular complexity index is 1270. The third-order valence-electron chi connectivity index (χ3n) is 6.74. The van der Waals surface area contributed by atoms with Gasteiger partial charge in [-0.15, -0.1) is 0 Å². The van der Waals surface area contributed by atoms with Gasteiger partial charge in [-0.3, -0.25) is 9.59 Å². The number of hydrogen-bond donors (Lipinski definition) is 0. The van der Waals surface area contributed by atoms with E-state index in [2.05, 4.69) is 9.68 Å². The van der Waals surface area contributed by atoms with E-state index >= 15 is 0 Å². The molecule has 2 aromatic rings. The van der Waals surface area contributed by atoms with Crippen molar-refractivity contribution < 1.29 is 102 Å². The molecule has 6 atom stereocenters. The number of imide groups is 1. The molecule has 0 aromatic heterocycles. The van der Waals surface area contributed by atoms with Crippen molar-refractivity contribution in [2.45, 2.75) is 18.3 Å². The largest absolute Gasteiger partial charge is 1.00 e. The van der Waals surface area contributed by atoms with Gasteiger partial charge in [0.15, 0.2) is 6.10 Å². The molecule has 4 aliphatic heterocycles. The first-order chi connectivity index (χ1) is 16.3. The number of carbonyl (C=O) groups is 2. The molecular weight excluding hydrogens is 513 g/mol. The third-order valence-corrected chi connectivity index (χ3v) is 7.17. The predicted octanol–water partition coefficient (Wildman–Crippen LogP) is -5.78. The maximum atomic E-state index is 13.4. The average Bonchev–Trinajstić information content (AvgIpc) is 3.54. The molecule has 6 unspecified atom stereocenters. The first-order valence-corrected chi connectivity index (χ1v) is 12.0. The second-order valence-corrected chi connectivity index (χ2v) is 9.54. The normalized spacial score (nSPS) is 29.5. The SMILES string of the molecule is COc1ccc(C2=NOC3C4OC(C23)C2C(=O)N(c3ccc(OP(=O)([O-])[O-])cc3)C(=O)C42)cc1.[Na+].[Na+]. The number of fused-ring (bicyclic) bond motifs is 8. The number of methoxy groups -OCH3 is 1. The summed E-state index contributed by atoms with van der Waals surface area (Å²) in [6.07, 6.45) is -1.66. The van der Waals surface area contributed by atoms with Crippen LogP contribution in [0.4, 0.5) is 5.69 Å². The van der Waals surface area contributed by atoms with Gasteiger partial charge in [-0.1, -0.05) is 5.16 Å². The number of amides is 2. The zero-order valence-electron chi connectivity index (χ0n) is 19.6. The summed E-state index contributed by atoms with van der Waals surface area (Å²) < 4.78 is 26.4. The van der Waals surface area contributed by atoms with Gasteiger partial charge < -0.3 is 33.2 Å². The van der Waals surface area contributed by atoms with Crippen LogP contribution < -0.4 is 83.1 Å². The topological polar surface area (TPSA) is 150 Å². The summed E-state index contributed by atoms with van der Waals surface area (Å²) >= 11 is 0. The number of oxime groups is 1. The summed E-state index contributed by atoms with van der Waals surface area (Å²) in [5.41, 5.74) is 1.73. The molecule has 0 aliphatic carbocycles. The summed E-state index contributed by atoms with van der Waals surface area (Å²) in [7, 11) is -3.64. The fourth-order valence-electron chi connectivity index (χ4n) is 5.40. The van der Waals surface area contributed by atoms with Crippen LogP contribution >= 0.6 is 7.82 Å². The second kappa shape index (κ2) is 10.1. The fraction of sp³-hybridized carbons (Fsp3) is 0.318. The monoisotopic (exact) mass is 530 g/mol. The molecule has 4 aliphatic rings. The Morgan fingerprint density at radius 1 is 0.861 bits per heavy atom. The minimum absolute atomic E-state index is 0. The van der Waals surface area contributed by atoms with Crippen molar-refractivity contribution in [3.63, 3.8) is 0 Å². The average molecular weight is 530 g/mol. The molecule has 6 rings (SSSR count). The number of benzene rings is 2. The summed E-state index contributed by atoms with van der Waals surface area (Å²) in [5, 5.41) is 4.25. The minimum Gasteiger partial charge on any atom is -0.780 e. The van der Waals surface area contributed by atoms with E-state index in [0.29, 0.717) is 11.5 Å². The van der Waals surface area contributed by atoms with Gasteiger partial charge in [0.2, 0.25) is 11.8 Å². The van der Waals surface area contributed by atoms with Crippen molar-refractivity contribution in [2.24, 2.45) is 22.9 Å². The zero-order valence-corrected chi connectivity index (χ0v) is 24.5. The van der Waals surface area contributed by atoms with Crippen LogP contribution in [0, 0.1) is 17.8 Å². The maximum absolute atomic E-state index is 13.4. The van der Waals surface area contributed by atoms with Gasteiger partial charge in [-0.05, 0) is 48.5 Å². The molecule has 36 heavy (non-hydrogen) atoms. The first-order valence-electron chi connectivity index (χ1n) is 10.5. The van der Waals surface area contributed by atoms with Crippen LogP contribution in [0.2, 0.25) is 0 Å². The number of phosphoric ester groups is 1. The standard InChI is InChI=1S/C22H19N2O9P.2Na/c1-30-12-6-2-10(3-7-12)17-16-18-14-15(19(31-18)20(16)32-23-17)22(26)24(21(14)25)11-4-8-13(9-5-11)33-34(27,28)29;;/h2-9,14-16,18-20H,1H3,(H2,27,28,29);;/q;2*+1/p-2. The van der Waals surface area contributed by atoms with Crippen molar-refractivity contribution in [1.82, 2.24) is 0 Å². The van der Waals surface area contributed by atoms with E-state index in [-0.39, 0.29) is 76.5 Å². The van der Waals surface area contributed by atoms with Crippen LogP contribution in [-0.2, 0) is 23.7 Å². The summed E-state index contributed by atoms with van der Waals surface area (Å²) in [6, 6.07) is 12.5. The molecule has 0 spiro atoms. The van der Waals surface area contributed by atoms with E-state index in [4.69, 9.17) is 14.3 Å². The van der Waals surface area contributed by atoms with Crippen LogP contribution in [0.25, 0.3) is 0 Å². The fourth-order valence-corrected chi connectivity index (χ4v) is 5.78. The van der Waals surface area contributed by atoms with Crippen LogP contribution in [0.5, 0.6) is 11.5 Å². The molecule has 4 heterocycles. The van der Waals surface area contributed by atoms with E-state index in [0.717, 1.165) is 10.5 Å². The summed E-state index contributed by atoms with van der Waals surface area (Å²) in [6.45, 7) is 0. The van der Waals surface area contributed by atoms with Crippen molar-refractivity contribution >= 4 is 31.0 Å². The van der Waals surface area contributed by atoms with Crippen LogP contribution in [0.15, 0.2) is 53.7 Å². The van der Waals surface area contributed by atoms with Crippen molar-refractivity contribution in [3.05, 3.63) is 54.1 Å². The zero-order chi connectivity index (χ0) is 23.8. The molecule has 2 bridgehead atoms. The van der Waals surface area contributed by atoms with Gasteiger partial charge in [0.05, 0.1) is 42.4 Å². The van der Waals surface area contributed by atoms with Gasteiger partial charge in [-0.25, -0.2) is 4.90 Å². The van der Waals surface area contributed by atoms with Crippen molar-refractivity contribution in [2.75, 3.05) is 12.0 Å². The van der Waals surface area contributed by atoms with Crippen molar-refractivity contribution in [3.8, 4) is 11.5 Å². The van der Waals surface area contributed by atoms with Gasteiger partial charge in [0, 0.05) is 5.56 Å². The Balaban J connectivity index is 0.00000152. The Morgan fingerprint density at radius 3 is 2.03 bits per heavy atom. The first kappa shape index (κ1) is 27.8. The molecule has 14 heteroatoms. The quantitative estimate of drug-likeness (QED) is 0.209. The van der Waals surface area contributed by atoms with E-state index in [9.17, 15) is 23.9 Å². The molecule has 2 aromatic carbocycles. The molecule has 2 amide bonds. The molecular formula is C22H17N2Na2O9P. The molecule has 176 valence electrons. The number of ether oxygens (including phenoxy) is 2. The molecule has 0 radical (unpaired) electrons. The molecule has 0 saturated carbocycles. The number of phosphoric acid groups is 1. The molecule has 0 N–H and O–H groups in total. The molecule has 3 saturated heterocycles. The Kier molecular flexibility index (Phi) is 7.83. The van der Waals surface area contributed by atoms with Crippen LogP contribution in [-0.4, -0.2) is 42.9 Å². The van der Waals surface area contributed by atoms with Gasteiger partial charge in [0.25, 0.3) is 0 Å². The Hall–Kier alpha value is -1.24. The number of anilines is 1. The van der Waals surface area contributed by atoms with Gasteiger partial charge in [-0.2, -0.15) is 0 Å². The van der Waals surface area contributed by atoms with Gasteiger partial charge >= 0.3 is 59.1 Å². The maximum Gasteiger partial charge on any atom is 1.00 e. The summed E-state index contributed by atoms with van der Waals surface area (Å²) in [4.78, 5) is 55.0. The van der Waals surface area contributed by atoms with Gasteiger partial charge in [0.1, 0.15) is 25.4 Å². The molecule has 11 nitrogen and oxygen atoms in total. The minimum atomic E-state index is -5.22. The number of nitrogens with zero attached hydrogens (tertiary/aromatic N) is 2. The second-order valence-electron chi connectivity index (χ2n) is 8.46. The Morgan fingerprint density at radius 2 is 1.44 bits per heavy atom. The van der Waals surface area contributed by atoms with E-state index in [1.807, 2.05) is 12.1 Å². The van der Waals surface area contributed by atoms with E-state index in [1.54, 1.807) is 19.2 Å². The summed E-state index contributed by atoms with van der Waals surface area (Å²) in [5.74, 6) is -2.03. The van der Waals surface area contributed by atoms with Crippen LogP contribution in [0.3, 0.4) is 0 Å². The Labute approximate surface area is 249 Å². The van der Waals surface area contributed by atoms with E-state index < -0.39 is 49.8 Å². The smallest absolute Gasteiger partial charge is 0.780 e. The third kappa shape index (κ3) is 4.39. The predicted molar refractivity (Wildman–Crippen MR) is 111 cm³/mol. The van der Waals surface area contributed by atoms with E-state index in [1.165, 1.54) is 24.3 Å². The molecule has 3 fully saturated rings.